The minimum absolute atomic E-state index is 0.569. The average Bonchev–Trinajstić information content (AvgIpc) is 1.88. The van der Waals surface area contributed by atoms with Crippen LogP contribution in [0.5, 0.6) is 0 Å². The molecule has 2 atom stereocenters. The van der Waals surface area contributed by atoms with Crippen molar-refractivity contribution in [1.82, 2.24) is 0 Å². The summed E-state index contributed by atoms with van der Waals surface area (Å²) in [5.41, 5.74) is 0. The minimum Gasteiger partial charge on any atom is -0.391 e. The molecule has 0 radical (unpaired) electrons. The molecule has 0 aliphatic carbocycles. The van der Waals surface area contributed by atoms with E-state index in [1.54, 1.807) is 6.92 Å². The monoisotopic (exact) mass is 144 g/mol. The Labute approximate surface area is 62.2 Å². The Morgan fingerprint density at radius 3 is 2.50 bits per heavy atom. The number of allylic oxidation sites excluding steroid dienone is 1. The topological polar surface area (TPSA) is 40.5 Å². The number of aliphatic hydroxyl groups is 2. The quantitative estimate of drug-likeness (QED) is 0.448. The highest BCUT2D eigenvalue weighted by atomic mass is 16.3. The minimum atomic E-state index is -0.607. The van der Waals surface area contributed by atoms with E-state index in [-0.39, 0.29) is 0 Å². The molecule has 2 heteroatoms. The SMILES string of the molecule is C=CCCCC(O)C(C)O. The maximum atomic E-state index is 9.07. The van der Waals surface area contributed by atoms with Crippen molar-refractivity contribution in [1.29, 1.82) is 0 Å². The fourth-order valence-electron chi connectivity index (χ4n) is 0.713. The van der Waals surface area contributed by atoms with Gasteiger partial charge in [0.05, 0.1) is 12.2 Å². The van der Waals surface area contributed by atoms with Gasteiger partial charge in [-0.3, -0.25) is 0 Å². The van der Waals surface area contributed by atoms with Gasteiger partial charge in [0, 0.05) is 0 Å². The molecule has 0 aromatic carbocycles. The van der Waals surface area contributed by atoms with Crippen LogP contribution in [0.15, 0.2) is 12.7 Å². The van der Waals surface area contributed by atoms with Crippen molar-refractivity contribution in [2.45, 2.75) is 38.4 Å². The van der Waals surface area contributed by atoms with Crippen LogP contribution in [0, 0.1) is 0 Å². The number of hydrogen-bond donors (Lipinski definition) is 2. The van der Waals surface area contributed by atoms with Crippen LogP contribution in [0.1, 0.15) is 26.2 Å². The van der Waals surface area contributed by atoms with Crippen LogP contribution < -0.4 is 0 Å². The lowest BCUT2D eigenvalue weighted by atomic mass is 10.1. The Kier molecular flexibility index (Phi) is 5.26. The van der Waals surface area contributed by atoms with Gasteiger partial charge < -0.3 is 10.2 Å². The van der Waals surface area contributed by atoms with E-state index in [2.05, 4.69) is 6.58 Å². The van der Waals surface area contributed by atoms with Gasteiger partial charge in [0.15, 0.2) is 0 Å². The Hall–Kier alpha value is -0.340. The zero-order valence-corrected chi connectivity index (χ0v) is 6.45. The van der Waals surface area contributed by atoms with E-state index in [1.807, 2.05) is 6.08 Å². The molecule has 0 heterocycles. The second kappa shape index (κ2) is 5.45. The first kappa shape index (κ1) is 9.66. The Morgan fingerprint density at radius 1 is 1.50 bits per heavy atom. The second-order valence-electron chi connectivity index (χ2n) is 2.53. The Balaban J connectivity index is 3.21. The molecule has 2 nitrogen and oxygen atoms in total. The zero-order chi connectivity index (χ0) is 7.98. The summed E-state index contributed by atoms with van der Waals surface area (Å²) in [4.78, 5) is 0. The Morgan fingerprint density at radius 2 is 2.10 bits per heavy atom. The van der Waals surface area contributed by atoms with E-state index in [1.165, 1.54) is 0 Å². The van der Waals surface area contributed by atoms with Crippen LogP contribution in [0.25, 0.3) is 0 Å². The highest BCUT2D eigenvalue weighted by Gasteiger charge is 2.08. The van der Waals surface area contributed by atoms with E-state index in [0.29, 0.717) is 6.42 Å². The lowest BCUT2D eigenvalue weighted by Gasteiger charge is -2.11. The molecule has 0 rings (SSSR count). The summed E-state index contributed by atoms with van der Waals surface area (Å²) in [6, 6.07) is 0. The molecule has 10 heavy (non-hydrogen) atoms. The van der Waals surface area contributed by atoms with E-state index in [4.69, 9.17) is 10.2 Å². The lowest BCUT2D eigenvalue weighted by Crippen LogP contribution is -2.21. The van der Waals surface area contributed by atoms with Crippen molar-refractivity contribution in [3.63, 3.8) is 0 Å². The molecule has 2 N–H and O–H groups in total. The highest BCUT2D eigenvalue weighted by molar-refractivity contribution is 4.69. The number of aliphatic hydroxyl groups excluding tert-OH is 2. The van der Waals surface area contributed by atoms with Crippen LogP contribution in [-0.4, -0.2) is 22.4 Å². The van der Waals surface area contributed by atoms with Crippen LogP contribution >= 0.6 is 0 Å². The average molecular weight is 144 g/mol. The fraction of sp³-hybridized carbons (Fsp3) is 0.750. The summed E-state index contributed by atoms with van der Waals surface area (Å²) >= 11 is 0. The first-order valence-corrected chi connectivity index (χ1v) is 3.65. The summed E-state index contributed by atoms with van der Waals surface area (Å²) in [5, 5.41) is 17.9. The fourth-order valence-corrected chi connectivity index (χ4v) is 0.713. The van der Waals surface area contributed by atoms with Crippen molar-refractivity contribution in [3.8, 4) is 0 Å². The molecule has 0 saturated carbocycles. The van der Waals surface area contributed by atoms with Gasteiger partial charge in [-0.05, 0) is 26.2 Å². The smallest absolute Gasteiger partial charge is 0.0796 e. The van der Waals surface area contributed by atoms with Gasteiger partial charge >= 0.3 is 0 Å². The third-order valence-electron chi connectivity index (χ3n) is 1.46. The third kappa shape index (κ3) is 4.53. The van der Waals surface area contributed by atoms with Crippen molar-refractivity contribution >= 4 is 0 Å². The molecule has 0 bridgehead atoms. The Bertz CT molecular complexity index is 89.3. The van der Waals surface area contributed by atoms with Crippen molar-refractivity contribution < 1.29 is 10.2 Å². The van der Waals surface area contributed by atoms with Gasteiger partial charge in [-0.2, -0.15) is 0 Å². The predicted octanol–water partition coefficient (Wildman–Crippen LogP) is 1.08. The lowest BCUT2D eigenvalue weighted by molar-refractivity contribution is 0.0252. The summed E-state index contributed by atoms with van der Waals surface area (Å²) < 4.78 is 0. The number of hydrogen-bond acceptors (Lipinski definition) is 2. The van der Waals surface area contributed by atoms with Crippen LogP contribution in [0.3, 0.4) is 0 Å². The molecule has 0 aliphatic heterocycles. The summed E-state index contributed by atoms with van der Waals surface area (Å²) in [5.74, 6) is 0. The first-order chi connectivity index (χ1) is 4.68. The maximum absolute atomic E-state index is 9.07. The molecule has 0 saturated heterocycles. The van der Waals surface area contributed by atoms with E-state index in [0.717, 1.165) is 12.8 Å². The summed E-state index contributed by atoms with van der Waals surface area (Å²) in [6.45, 7) is 5.15. The van der Waals surface area contributed by atoms with Gasteiger partial charge in [0.2, 0.25) is 0 Å². The van der Waals surface area contributed by atoms with Crippen LogP contribution in [-0.2, 0) is 0 Å². The predicted molar refractivity (Wildman–Crippen MR) is 41.7 cm³/mol. The molecular weight excluding hydrogens is 128 g/mol. The summed E-state index contributed by atoms with van der Waals surface area (Å²) in [7, 11) is 0. The largest absolute Gasteiger partial charge is 0.391 e. The molecule has 0 aromatic rings. The number of rotatable bonds is 5. The van der Waals surface area contributed by atoms with Gasteiger partial charge in [0.1, 0.15) is 0 Å². The maximum Gasteiger partial charge on any atom is 0.0796 e. The van der Waals surface area contributed by atoms with Crippen molar-refractivity contribution in [2.75, 3.05) is 0 Å². The van der Waals surface area contributed by atoms with Gasteiger partial charge in [-0.1, -0.05) is 6.08 Å². The molecule has 0 fully saturated rings. The third-order valence-corrected chi connectivity index (χ3v) is 1.46. The van der Waals surface area contributed by atoms with Crippen molar-refractivity contribution in [3.05, 3.63) is 12.7 Å². The molecule has 0 amide bonds. The second-order valence-corrected chi connectivity index (χ2v) is 2.53. The van der Waals surface area contributed by atoms with Gasteiger partial charge in [-0.15, -0.1) is 6.58 Å². The van der Waals surface area contributed by atoms with Crippen molar-refractivity contribution in [2.24, 2.45) is 0 Å². The normalized spacial score (nSPS) is 16.3. The summed E-state index contributed by atoms with van der Waals surface area (Å²) in [6.07, 6.45) is 3.10. The zero-order valence-electron chi connectivity index (χ0n) is 6.45. The van der Waals surface area contributed by atoms with Gasteiger partial charge in [-0.25, -0.2) is 0 Å². The molecule has 0 spiro atoms. The van der Waals surface area contributed by atoms with E-state index in [9.17, 15) is 0 Å². The van der Waals surface area contributed by atoms with Gasteiger partial charge in [0.25, 0.3) is 0 Å². The molecular formula is C8H16O2. The molecule has 2 unspecified atom stereocenters. The standard InChI is InChI=1S/C8H16O2/c1-3-4-5-6-8(10)7(2)9/h3,7-10H,1,4-6H2,2H3. The first-order valence-electron chi connectivity index (χ1n) is 3.65. The highest BCUT2D eigenvalue weighted by Crippen LogP contribution is 2.04. The molecule has 0 aliphatic rings. The molecule has 0 aromatic heterocycles. The van der Waals surface area contributed by atoms with E-state index < -0.39 is 12.2 Å². The van der Waals surface area contributed by atoms with E-state index >= 15 is 0 Å². The number of unbranched alkanes of at least 4 members (excludes halogenated alkanes) is 1. The molecule has 60 valence electrons. The van der Waals surface area contributed by atoms with Crippen LogP contribution in [0.4, 0.5) is 0 Å². The van der Waals surface area contributed by atoms with Crippen LogP contribution in [0.2, 0.25) is 0 Å².